The molecular formula is C16H16BrNO2. The summed E-state index contributed by atoms with van der Waals surface area (Å²) >= 11 is 3.40. The van der Waals surface area contributed by atoms with E-state index in [0.29, 0.717) is 5.56 Å². The van der Waals surface area contributed by atoms with E-state index in [-0.39, 0.29) is 12.5 Å². The standard InChI is InChI=1S/C16H16BrNO2/c1-11-7-8-13(9-14(11)17)16(20)18-10-15(19)12-5-3-2-4-6-12/h2-9,15,19H,10H2,1H3,(H,18,20). The van der Waals surface area contributed by atoms with Crippen molar-refractivity contribution < 1.29 is 9.90 Å². The van der Waals surface area contributed by atoms with E-state index in [9.17, 15) is 9.90 Å². The average Bonchev–Trinajstić information content (AvgIpc) is 2.48. The van der Waals surface area contributed by atoms with Crippen molar-refractivity contribution >= 4 is 21.8 Å². The number of rotatable bonds is 4. The van der Waals surface area contributed by atoms with Crippen molar-refractivity contribution in [1.29, 1.82) is 0 Å². The first-order chi connectivity index (χ1) is 9.58. The van der Waals surface area contributed by atoms with Gasteiger partial charge in [-0.1, -0.05) is 52.3 Å². The molecule has 0 saturated carbocycles. The van der Waals surface area contributed by atoms with E-state index in [4.69, 9.17) is 0 Å². The van der Waals surface area contributed by atoms with Crippen molar-refractivity contribution in [2.75, 3.05) is 6.54 Å². The molecule has 20 heavy (non-hydrogen) atoms. The predicted molar refractivity (Wildman–Crippen MR) is 82.6 cm³/mol. The topological polar surface area (TPSA) is 49.3 Å². The van der Waals surface area contributed by atoms with Crippen LogP contribution < -0.4 is 5.32 Å². The minimum Gasteiger partial charge on any atom is -0.387 e. The Hall–Kier alpha value is -1.65. The Morgan fingerprint density at radius 2 is 1.95 bits per heavy atom. The maximum atomic E-state index is 12.0. The van der Waals surface area contributed by atoms with Gasteiger partial charge in [0.1, 0.15) is 0 Å². The SMILES string of the molecule is Cc1ccc(C(=O)NCC(O)c2ccccc2)cc1Br. The molecule has 0 fully saturated rings. The summed E-state index contributed by atoms with van der Waals surface area (Å²) < 4.78 is 0.897. The molecule has 4 heteroatoms. The molecule has 3 nitrogen and oxygen atoms in total. The fourth-order valence-corrected chi connectivity index (χ4v) is 2.20. The van der Waals surface area contributed by atoms with Crippen molar-refractivity contribution in [3.8, 4) is 0 Å². The maximum absolute atomic E-state index is 12.0. The van der Waals surface area contributed by atoms with E-state index in [1.807, 2.05) is 43.3 Å². The van der Waals surface area contributed by atoms with Crippen LogP contribution in [0, 0.1) is 6.92 Å². The minimum absolute atomic E-state index is 0.189. The van der Waals surface area contributed by atoms with Crippen LogP contribution in [0.2, 0.25) is 0 Å². The van der Waals surface area contributed by atoms with Gasteiger partial charge in [-0.05, 0) is 30.2 Å². The number of aliphatic hydroxyl groups excluding tert-OH is 1. The third-order valence-corrected chi connectivity index (χ3v) is 3.93. The maximum Gasteiger partial charge on any atom is 0.251 e. The first-order valence-electron chi connectivity index (χ1n) is 6.35. The molecule has 0 spiro atoms. The lowest BCUT2D eigenvalue weighted by molar-refractivity contribution is 0.0916. The zero-order valence-corrected chi connectivity index (χ0v) is 12.7. The van der Waals surface area contributed by atoms with Gasteiger partial charge < -0.3 is 10.4 Å². The number of nitrogens with one attached hydrogen (secondary N) is 1. The molecule has 1 atom stereocenters. The van der Waals surface area contributed by atoms with Crippen LogP contribution in [0.1, 0.15) is 27.6 Å². The van der Waals surface area contributed by atoms with Crippen LogP contribution in [0.3, 0.4) is 0 Å². The number of aliphatic hydroxyl groups is 1. The molecule has 1 unspecified atom stereocenters. The number of hydrogen-bond acceptors (Lipinski definition) is 2. The van der Waals surface area contributed by atoms with Gasteiger partial charge in [-0.2, -0.15) is 0 Å². The van der Waals surface area contributed by atoms with E-state index in [1.165, 1.54) is 0 Å². The summed E-state index contributed by atoms with van der Waals surface area (Å²) in [4.78, 5) is 12.0. The molecule has 2 N–H and O–H groups in total. The Morgan fingerprint density at radius 1 is 1.25 bits per heavy atom. The largest absolute Gasteiger partial charge is 0.387 e. The molecule has 0 bridgehead atoms. The molecule has 2 aromatic carbocycles. The lowest BCUT2D eigenvalue weighted by Gasteiger charge is -2.12. The number of carbonyl (C=O) groups excluding carboxylic acids is 1. The molecule has 0 aliphatic carbocycles. The van der Waals surface area contributed by atoms with Gasteiger partial charge in [0.25, 0.3) is 5.91 Å². The zero-order valence-electron chi connectivity index (χ0n) is 11.1. The summed E-state index contributed by atoms with van der Waals surface area (Å²) in [6.45, 7) is 2.15. The monoisotopic (exact) mass is 333 g/mol. The van der Waals surface area contributed by atoms with Crippen molar-refractivity contribution in [2.45, 2.75) is 13.0 Å². The van der Waals surface area contributed by atoms with Gasteiger partial charge in [0, 0.05) is 16.6 Å². The van der Waals surface area contributed by atoms with Gasteiger partial charge in [-0.15, -0.1) is 0 Å². The molecule has 0 heterocycles. The van der Waals surface area contributed by atoms with Crippen LogP contribution in [-0.4, -0.2) is 17.6 Å². The Balaban J connectivity index is 1.97. The van der Waals surface area contributed by atoms with Crippen molar-refractivity contribution in [2.24, 2.45) is 0 Å². The van der Waals surface area contributed by atoms with Crippen molar-refractivity contribution in [1.82, 2.24) is 5.32 Å². The van der Waals surface area contributed by atoms with E-state index in [2.05, 4.69) is 21.2 Å². The molecule has 0 aliphatic rings. The summed E-state index contributed by atoms with van der Waals surface area (Å²) in [5, 5.41) is 12.7. The Kier molecular flexibility index (Phi) is 4.93. The number of halogens is 1. The number of carbonyl (C=O) groups is 1. The van der Waals surface area contributed by atoms with Crippen molar-refractivity contribution in [3.05, 3.63) is 69.7 Å². The molecule has 0 aliphatic heterocycles. The third-order valence-electron chi connectivity index (χ3n) is 3.07. The molecule has 0 radical (unpaired) electrons. The minimum atomic E-state index is -0.700. The van der Waals surface area contributed by atoms with E-state index >= 15 is 0 Å². The summed E-state index contributed by atoms with van der Waals surface area (Å²) in [5.41, 5.74) is 2.44. The Bertz CT molecular complexity index is 599. The summed E-state index contributed by atoms with van der Waals surface area (Å²) in [5.74, 6) is -0.194. The second-order valence-electron chi connectivity index (χ2n) is 4.60. The first-order valence-corrected chi connectivity index (χ1v) is 7.14. The van der Waals surface area contributed by atoms with Gasteiger partial charge >= 0.3 is 0 Å². The lowest BCUT2D eigenvalue weighted by Crippen LogP contribution is -2.28. The number of hydrogen-bond donors (Lipinski definition) is 2. The smallest absolute Gasteiger partial charge is 0.251 e. The highest BCUT2D eigenvalue weighted by Crippen LogP contribution is 2.17. The molecule has 0 aromatic heterocycles. The van der Waals surface area contributed by atoms with Gasteiger partial charge in [0.2, 0.25) is 0 Å². The van der Waals surface area contributed by atoms with Crippen LogP contribution in [0.15, 0.2) is 53.0 Å². The fraction of sp³-hybridized carbons (Fsp3) is 0.188. The quantitative estimate of drug-likeness (QED) is 0.902. The summed E-state index contributed by atoms with van der Waals surface area (Å²) in [6, 6.07) is 14.7. The van der Waals surface area contributed by atoms with Gasteiger partial charge in [0.15, 0.2) is 0 Å². The number of amides is 1. The second-order valence-corrected chi connectivity index (χ2v) is 5.45. The molecule has 2 aromatic rings. The lowest BCUT2D eigenvalue weighted by atomic mass is 10.1. The molecular weight excluding hydrogens is 318 g/mol. The molecule has 104 valence electrons. The fourth-order valence-electron chi connectivity index (χ4n) is 1.82. The predicted octanol–water partition coefficient (Wildman–Crippen LogP) is 3.22. The molecule has 2 rings (SSSR count). The normalized spacial score (nSPS) is 11.9. The van der Waals surface area contributed by atoms with E-state index in [1.54, 1.807) is 12.1 Å². The van der Waals surface area contributed by atoms with Gasteiger partial charge in [0.05, 0.1) is 6.10 Å². The Morgan fingerprint density at radius 3 is 2.60 bits per heavy atom. The second kappa shape index (κ2) is 6.68. The van der Waals surface area contributed by atoms with Crippen LogP contribution >= 0.6 is 15.9 Å². The summed E-state index contributed by atoms with van der Waals surface area (Å²) in [7, 11) is 0. The highest BCUT2D eigenvalue weighted by Gasteiger charge is 2.11. The van der Waals surface area contributed by atoms with Crippen LogP contribution in [0.25, 0.3) is 0 Å². The van der Waals surface area contributed by atoms with Crippen molar-refractivity contribution in [3.63, 3.8) is 0 Å². The number of benzene rings is 2. The average molecular weight is 334 g/mol. The van der Waals surface area contributed by atoms with E-state index in [0.717, 1.165) is 15.6 Å². The highest BCUT2D eigenvalue weighted by molar-refractivity contribution is 9.10. The zero-order chi connectivity index (χ0) is 14.5. The highest BCUT2D eigenvalue weighted by atomic mass is 79.9. The van der Waals surface area contributed by atoms with Gasteiger partial charge in [-0.3, -0.25) is 4.79 Å². The molecule has 0 saturated heterocycles. The van der Waals surface area contributed by atoms with Crippen LogP contribution in [0.5, 0.6) is 0 Å². The summed E-state index contributed by atoms with van der Waals surface area (Å²) in [6.07, 6.45) is -0.700. The van der Waals surface area contributed by atoms with Crippen LogP contribution in [0.4, 0.5) is 0 Å². The van der Waals surface area contributed by atoms with E-state index < -0.39 is 6.10 Å². The number of aryl methyl sites for hydroxylation is 1. The van der Waals surface area contributed by atoms with Gasteiger partial charge in [-0.25, -0.2) is 0 Å². The third kappa shape index (κ3) is 3.68. The van der Waals surface area contributed by atoms with Crippen LogP contribution in [-0.2, 0) is 0 Å². The Labute approximate surface area is 126 Å². The first kappa shape index (κ1) is 14.8. The molecule has 1 amide bonds.